The van der Waals surface area contributed by atoms with Gasteiger partial charge in [-0.3, -0.25) is 4.90 Å². The van der Waals surface area contributed by atoms with Crippen LogP contribution in [-0.2, 0) is 10.0 Å². The number of nitrogens with zero attached hydrogens (tertiary/aromatic N) is 4. The number of sulfonamides is 1. The molecule has 8 heteroatoms. The number of aromatic nitrogens is 2. The summed E-state index contributed by atoms with van der Waals surface area (Å²) in [6.45, 7) is 1.88. The van der Waals surface area contributed by atoms with Gasteiger partial charge in [-0.2, -0.15) is 4.31 Å². The van der Waals surface area contributed by atoms with Crippen LogP contribution < -0.4 is 0 Å². The fourth-order valence-electron chi connectivity index (χ4n) is 5.21. The number of fused-ring (bicyclic) bond motifs is 1. The van der Waals surface area contributed by atoms with E-state index in [0.29, 0.717) is 18.0 Å². The van der Waals surface area contributed by atoms with Crippen molar-refractivity contribution >= 4 is 10.0 Å². The number of benzene rings is 2. The Bertz CT molecular complexity index is 1170. The minimum atomic E-state index is -3.57. The van der Waals surface area contributed by atoms with E-state index in [-0.39, 0.29) is 24.6 Å². The van der Waals surface area contributed by atoms with Gasteiger partial charge >= 0.3 is 0 Å². The standard InChI is InChI=1S/C25H28N4O3S/c30-17-24-25(20-10-8-19(9-11-20)21-14-26-18-27-15-21)23-16-28(12-4-5-13-29(23)24)33(31,32)22-6-2-1-3-7-22/h1-3,6-11,14-15,18,23-25,30H,4-5,12-13,16-17H2/t23-,24-,25-/m0/s1. The summed E-state index contributed by atoms with van der Waals surface area (Å²) >= 11 is 0. The lowest BCUT2D eigenvalue weighted by Crippen LogP contribution is -2.67. The van der Waals surface area contributed by atoms with Crippen molar-refractivity contribution in [3.8, 4) is 11.1 Å². The second kappa shape index (κ2) is 9.30. The summed E-state index contributed by atoms with van der Waals surface area (Å²) in [5, 5.41) is 10.2. The molecule has 7 nitrogen and oxygen atoms in total. The van der Waals surface area contributed by atoms with Crippen LogP contribution in [0.15, 0.2) is 78.2 Å². The van der Waals surface area contributed by atoms with Crippen LogP contribution in [0.3, 0.4) is 0 Å². The third-order valence-corrected chi connectivity index (χ3v) is 8.78. The molecule has 172 valence electrons. The maximum atomic E-state index is 13.4. The SMILES string of the molecule is O=S(=O)(c1ccccc1)N1CCCCN2[C@@H](CO)[C@@H](c3ccc(-c4cncnc4)cc3)[C@@H]2C1. The molecule has 0 saturated carbocycles. The summed E-state index contributed by atoms with van der Waals surface area (Å²) < 4.78 is 28.4. The second-order valence-electron chi connectivity index (χ2n) is 8.71. The van der Waals surface area contributed by atoms with E-state index in [0.717, 1.165) is 36.1 Å². The number of hydrogen-bond donors (Lipinski definition) is 1. The predicted octanol–water partition coefficient (Wildman–Crippen LogP) is 2.76. The third-order valence-electron chi connectivity index (χ3n) is 6.90. The van der Waals surface area contributed by atoms with E-state index in [1.165, 1.54) is 6.33 Å². The van der Waals surface area contributed by atoms with Crippen molar-refractivity contribution in [2.24, 2.45) is 0 Å². The molecule has 0 radical (unpaired) electrons. The molecule has 2 aliphatic rings. The zero-order valence-electron chi connectivity index (χ0n) is 18.4. The van der Waals surface area contributed by atoms with Gasteiger partial charge in [0.05, 0.1) is 11.5 Å². The van der Waals surface area contributed by atoms with E-state index >= 15 is 0 Å². The number of aliphatic hydroxyl groups excluding tert-OH is 1. The van der Waals surface area contributed by atoms with Crippen molar-refractivity contribution in [3.05, 3.63) is 78.9 Å². The van der Waals surface area contributed by atoms with Gasteiger partial charge < -0.3 is 5.11 Å². The molecular weight excluding hydrogens is 436 g/mol. The van der Waals surface area contributed by atoms with Crippen molar-refractivity contribution in [1.82, 2.24) is 19.2 Å². The molecule has 0 spiro atoms. The topological polar surface area (TPSA) is 86.6 Å². The largest absolute Gasteiger partial charge is 0.395 e. The monoisotopic (exact) mass is 464 g/mol. The highest BCUT2D eigenvalue weighted by Gasteiger charge is 2.50. The maximum absolute atomic E-state index is 13.4. The van der Waals surface area contributed by atoms with Crippen LogP contribution in [0.4, 0.5) is 0 Å². The van der Waals surface area contributed by atoms with E-state index in [4.69, 9.17) is 0 Å². The maximum Gasteiger partial charge on any atom is 0.243 e. The molecule has 1 N–H and O–H groups in total. The predicted molar refractivity (Wildman–Crippen MR) is 126 cm³/mol. The van der Waals surface area contributed by atoms with Crippen LogP contribution in [-0.4, -0.2) is 71.0 Å². The Hall–Kier alpha value is -2.65. The van der Waals surface area contributed by atoms with Gasteiger partial charge in [-0.15, -0.1) is 0 Å². The van der Waals surface area contributed by atoms with Crippen LogP contribution in [0.5, 0.6) is 0 Å². The summed E-state index contributed by atoms with van der Waals surface area (Å²) in [6.07, 6.45) is 6.80. The third kappa shape index (κ3) is 4.19. The van der Waals surface area contributed by atoms with Gasteiger partial charge in [-0.25, -0.2) is 18.4 Å². The summed E-state index contributed by atoms with van der Waals surface area (Å²) in [6, 6.07) is 17.0. The minimum Gasteiger partial charge on any atom is -0.395 e. The van der Waals surface area contributed by atoms with Crippen LogP contribution in [0.1, 0.15) is 24.3 Å². The lowest BCUT2D eigenvalue weighted by Gasteiger charge is -2.57. The van der Waals surface area contributed by atoms with Crippen LogP contribution in [0, 0.1) is 0 Å². The average Bonchev–Trinajstić information content (AvgIpc) is 2.84. The molecule has 0 aliphatic carbocycles. The van der Waals surface area contributed by atoms with E-state index in [9.17, 15) is 13.5 Å². The molecule has 5 rings (SSSR count). The molecular formula is C25H28N4O3S. The molecule has 2 aliphatic heterocycles. The van der Waals surface area contributed by atoms with Crippen LogP contribution >= 0.6 is 0 Å². The van der Waals surface area contributed by atoms with Crippen molar-refractivity contribution in [2.45, 2.75) is 35.7 Å². The first-order valence-corrected chi connectivity index (χ1v) is 12.8. The Morgan fingerprint density at radius 1 is 0.909 bits per heavy atom. The second-order valence-corrected chi connectivity index (χ2v) is 10.7. The molecule has 3 atom stereocenters. The Kier molecular flexibility index (Phi) is 6.25. The first-order chi connectivity index (χ1) is 16.1. The zero-order chi connectivity index (χ0) is 22.8. The average molecular weight is 465 g/mol. The molecule has 0 bridgehead atoms. The van der Waals surface area contributed by atoms with Crippen molar-refractivity contribution < 1.29 is 13.5 Å². The minimum absolute atomic E-state index is 0.000267. The quantitative estimate of drug-likeness (QED) is 0.625. The van der Waals surface area contributed by atoms with Crippen molar-refractivity contribution in [1.29, 1.82) is 0 Å². The first kappa shape index (κ1) is 22.2. The van der Waals surface area contributed by atoms with Gasteiger partial charge in [0.15, 0.2) is 0 Å². The van der Waals surface area contributed by atoms with Gasteiger partial charge in [0, 0.05) is 49.0 Å². The zero-order valence-corrected chi connectivity index (χ0v) is 19.2. The summed E-state index contributed by atoms with van der Waals surface area (Å²) in [7, 11) is -3.57. The lowest BCUT2D eigenvalue weighted by atomic mass is 9.74. The molecule has 2 saturated heterocycles. The van der Waals surface area contributed by atoms with Crippen molar-refractivity contribution in [3.63, 3.8) is 0 Å². The smallest absolute Gasteiger partial charge is 0.243 e. The van der Waals surface area contributed by atoms with Gasteiger partial charge in [0.2, 0.25) is 10.0 Å². The van der Waals surface area contributed by atoms with E-state index in [1.54, 1.807) is 41.0 Å². The lowest BCUT2D eigenvalue weighted by molar-refractivity contribution is -0.0553. The Labute approximate surface area is 194 Å². The van der Waals surface area contributed by atoms with Gasteiger partial charge in [-0.05, 0) is 42.6 Å². The van der Waals surface area contributed by atoms with Gasteiger partial charge in [-0.1, -0.05) is 42.5 Å². The Balaban J connectivity index is 1.42. The number of hydrogen-bond acceptors (Lipinski definition) is 6. The van der Waals surface area contributed by atoms with Crippen LogP contribution in [0.25, 0.3) is 11.1 Å². The first-order valence-electron chi connectivity index (χ1n) is 11.4. The van der Waals surface area contributed by atoms with Crippen LogP contribution in [0.2, 0.25) is 0 Å². The molecule has 3 aromatic rings. The summed E-state index contributed by atoms with van der Waals surface area (Å²) in [4.78, 5) is 10.8. The Morgan fingerprint density at radius 2 is 1.61 bits per heavy atom. The Morgan fingerprint density at radius 3 is 2.30 bits per heavy atom. The van der Waals surface area contributed by atoms with Gasteiger partial charge in [0.25, 0.3) is 0 Å². The molecule has 2 aromatic carbocycles. The normalized spacial score (nSPS) is 24.3. The summed E-state index contributed by atoms with van der Waals surface area (Å²) in [5.41, 5.74) is 3.10. The highest BCUT2D eigenvalue weighted by atomic mass is 32.2. The molecule has 0 amide bonds. The van der Waals surface area contributed by atoms with Crippen molar-refractivity contribution in [2.75, 3.05) is 26.2 Å². The molecule has 0 unspecified atom stereocenters. The number of rotatable bonds is 5. The fourth-order valence-corrected chi connectivity index (χ4v) is 6.73. The summed E-state index contributed by atoms with van der Waals surface area (Å²) in [5.74, 6) is 0.0719. The molecule has 2 fully saturated rings. The van der Waals surface area contributed by atoms with Gasteiger partial charge in [0.1, 0.15) is 6.33 Å². The number of aliphatic hydroxyl groups is 1. The molecule has 1 aromatic heterocycles. The highest BCUT2D eigenvalue weighted by Crippen LogP contribution is 2.42. The van der Waals surface area contributed by atoms with E-state index < -0.39 is 10.0 Å². The fraction of sp³-hybridized carbons (Fsp3) is 0.360. The molecule has 33 heavy (non-hydrogen) atoms. The van der Waals surface area contributed by atoms with E-state index in [2.05, 4.69) is 27.0 Å². The highest BCUT2D eigenvalue weighted by molar-refractivity contribution is 7.89. The molecule has 3 heterocycles. The van der Waals surface area contributed by atoms with E-state index in [1.807, 2.05) is 18.2 Å².